The summed E-state index contributed by atoms with van der Waals surface area (Å²) < 4.78 is 0. The highest BCUT2D eigenvalue weighted by Gasteiger charge is 2.44. The molecular formula is C20H23N3O5. The number of fused-ring (bicyclic) bond motifs is 1. The van der Waals surface area contributed by atoms with Gasteiger partial charge in [0.05, 0.1) is 12.6 Å². The summed E-state index contributed by atoms with van der Waals surface area (Å²) in [5, 5.41) is 12.4. The van der Waals surface area contributed by atoms with Gasteiger partial charge in [0.1, 0.15) is 12.1 Å². The van der Waals surface area contributed by atoms with Crippen molar-refractivity contribution in [1.29, 1.82) is 0 Å². The van der Waals surface area contributed by atoms with Gasteiger partial charge in [-0.3, -0.25) is 14.4 Å². The van der Waals surface area contributed by atoms with E-state index < -0.39 is 35.9 Å². The fourth-order valence-electron chi connectivity index (χ4n) is 3.66. The zero-order chi connectivity index (χ0) is 20.3. The molecular weight excluding hydrogens is 362 g/mol. The highest BCUT2D eigenvalue weighted by Crippen LogP contribution is 2.23. The number of carbonyl (C=O) groups is 4. The fraction of sp³-hybridized carbons (Fsp3) is 0.400. The Hall–Kier alpha value is -3.16. The van der Waals surface area contributed by atoms with Crippen molar-refractivity contribution in [1.82, 2.24) is 15.1 Å². The first kappa shape index (κ1) is 19.6. The first-order valence-electron chi connectivity index (χ1n) is 9.20. The molecule has 3 amide bonds. The number of benzene rings is 1. The van der Waals surface area contributed by atoms with Crippen LogP contribution in [0.4, 0.5) is 0 Å². The van der Waals surface area contributed by atoms with E-state index in [1.165, 1.54) is 16.7 Å². The summed E-state index contributed by atoms with van der Waals surface area (Å²) in [5.74, 6) is -2.21. The van der Waals surface area contributed by atoms with Crippen LogP contribution in [0, 0.1) is 0 Å². The van der Waals surface area contributed by atoms with E-state index in [1.807, 2.05) is 12.2 Å². The Labute approximate surface area is 162 Å². The number of rotatable bonds is 3. The average Bonchev–Trinajstić information content (AvgIpc) is 2.68. The average molecular weight is 385 g/mol. The van der Waals surface area contributed by atoms with Crippen LogP contribution in [0.2, 0.25) is 0 Å². The summed E-state index contributed by atoms with van der Waals surface area (Å²) >= 11 is 0. The maximum absolute atomic E-state index is 13.2. The minimum atomic E-state index is -1.16. The molecule has 1 aromatic carbocycles. The van der Waals surface area contributed by atoms with Crippen LogP contribution in [0.3, 0.4) is 0 Å². The van der Waals surface area contributed by atoms with Crippen molar-refractivity contribution in [2.24, 2.45) is 0 Å². The van der Waals surface area contributed by atoms with Crippen LogP contribution in [0.25, 0.3) is 0 Å². The zero-order valence-electron chi connectivity index (χ0n) is 15.6. The van der Waals surface area contributed by atoms with E-state index in [1.54, 1.807) is 30.3 Å². The molecule has 2 aliphatic heterocycles. The molecule has 0 saturated carbocycles. The SMILES string of the molecule is CC(=O)N1CC2C/C=C\CC(NC(=O)c3ccccc3)C(=O)N2C(C(=O)O)C1. The summed E-state index contributed by atoms with van der Waals surface area (Å²) in [7, 11) is 0. The molecule has 2 N–H and O–H groups in total. The Morgan fingerprint density at radius 3 is 2.39 bits per heavy atom. The molecule has 0 radical (unpaired) electrons. The van der Waals surface area contributed by atoms with E-state index in [2.05, 4.69) is 5.32 Å². The second kappa shape index (κ2) is 8.24. The first-order valence-corrected chi connectivity index (χ1v) is 9.20. The van der Waals surface area contributed by atoms with Gasteiger partial charge >= 0.3 is 5.97 Å². The Balaban J connectivity index is 1.86. The number of nitrogens with zero attached hydrogens (tertiary/aromatic N) is 2. The van der Waals surface area contributed by atoms with E-state index in [-0.39, 0.29) is 25.4 Å². The van der Waals surface area contributed by atoms with Crippen molar-refractivity contribution in [3.05, 3.63) is 48.0 Å². The predicted octanol–water partition coefficient (Wildman–Crippen LogP) is 0.648. The van der Waals surface area contributed by atoms with Gasteiger partial charge in [-0.1, -0.05) is 30.4 Å². The van der Waals surface area contributed by atoms with Crippen molar-refractivity contribution in [2.75, 3.05) is 13.1 Å². The number of hydrogen-bond donors (Lipinski definition) is 2. The molecule has 3 atom stereocenters. The second-order valence-corrected chi connectivity index (χ2v) is 7.01. The smallest absolute Gasteiger partial charge is 0.328 e. The molecule has 3 unspecified atom stereocenters. The molecule has 1 saturated heterocycles. The normalized spacial score (nSPS) is 25.9. The Bertz CT molecular complexity index is 807. The highest BCUT2D eigenvalue weighted by molar-refractivity contribution is 5.98. The number of piperazine rings is 1. The minimum Gasteiger partial charge on any atom is -0.480 e. The summed E-state index contributed by atoms with van der Waals surface area (Å²) in [5.41, 5.74) is 0.425. The molecule has 0 bridgehead atoms. The van der Waals surface area contributed by atoms with E-state index in [0.717, 1.165) is 0 Å². The Kier molecular flexibility index (Phi) is 5.77. The van der Waals surface area contributed by atoms with Crippen LogP contribution in [0.5, 0.6) is 0 Å². The van der Waals surface area contributed by atoms with Crippen LogP contribution in [-0.4, -0.2) is 69.8 Å². The molecule has 0 spiro atoms. The van der Waals surface area contributed by atoms with Gasteiger partial charge in [0, 0.05) is 19.0 Å². The van der Waals surface area contributed by atoms with Gasteiger partial charge in [-0.15, -0.1) is 0 Å². The van der Waals surface area contributed by atoms with E-state index >= 15 is 0 Å². The fourth-order valence-corrected chi connectivity index (χ4v) is 3.66. The molecule has 1 aromatic rings. The Morgan fingerprint density at radius 1 is 1.07 bits per heavy atom. The molecule has 0 aliphatic carbocycles. The number of nitrogens with one attached hydrogen (secondary N) is 1. The molecule has 2 aliphatic rings. The number of carbonyl (C=O) groups excluding carboxylic acids is 3. The zero-order valence-corrected chi connectivity index (χ0v) is 15.6. The van der Waals surface area contributed by atoms with E-state index in [0.29, 0.717) is 12.0 Å². The van der Waals surface area contributed by atoms with Crippen molar-refractivity contribution in [3.63, 3.8) is 0 Å². The number of aliphatic carboxylic acids is 1. The third kappa shape index (κ3) is 4.05. The maximum atomic E-state index is 13.2. The van der Waals surface area contributed by atoms with Crippen molar-refractivity contribution in [2.45, 2.75) is 37.9 Å². The van der Waals surface area contributed by atoms with Crippen LogP contribution in [-0.2, 0) is 14.4 Å². The molecule has 148 valence electrons. The largest absolute Gasteiger partial charge is 0.480 e. The van der Waals surface area contributed by atoms with Gasteiger partial charge in [0.15, 0.2) is 0 Å². The second-order valence-electron chi connectivity index (χ2n) is 7.01. The summed E-state index contributed by atoms with van der Waals surface area (Å²) in [6.07, 6.45) is 4.42. The minimum absolute atomic E-state index is 0.0596. The third-order valence-corrected chi connectivity index (χ3v) is 5.12. The molecule has 8 nitrogen and oxygen atoms in total. The summed E-state index contributed by atoms with van der Waals surface area (Å²) in [6, 6.07) is 6.09. The van der Waals surface area contributed by atoms with Gasteiger partial charge in [-0.05, 0) is 25.0 Å². The van der Waals surface area contributed by atoms with E-state index in [9.17, 15) is 24.3 Å². The van der Waals surface area contributed by atoms with Gasteiger partial charge in [0.25, 0.3) is 5.91 Å². The molecule has 2 heterocycles. The van der Waals surface area contributed by atoms with Crippen molar-refractivity contribution < 1.29 is 24.3 Å². The van der Waals surface area contributed by atoms with E-state index in [4.69, 9.17) is 0 Å². The number of amides is 3. The molecule has 3 rings (SSSR count). The van der Waals surface area contributed by atoms with Crippen molar-refractivity contribution in [3.8, 4) is 0 Å². The first-order chi connectivity index (χ1) is 13.4. The topological polar surface area (TPSA) is 107 Å². The van der Waals surface area contributed by atoms with Gasteiger partial charge in [-0.25, -0.2) is 4.79 Å². The lowest BCUT2D eigenvalue weighted by atomic mass is 9.97. The van der Waals surface area contributed by atoms with Gasteiger partial charge in [0.2, 0.25) is 11.8 Å². The lowest BCUT2D eigenvalue weighted by Gasteiger charge is -2.46. The van der Waals surface area contributed by atoms with Gasteiger partial charge < -0.3 is 20.2 Å². The summed E-state index contributed by atoms with van der Waals surface area (Å²) in [6.45, 7) is 1.60. The predicted molar refractivity (Wildman–Crippen MR) is 100 cm³/mol. The van der Waals surface area contributed by atoms with Crippen molar-refractivity contribution >= 4 is 23.7 Å². The lowest BCUT2D eigenvalue weighted by Crippen LogP contribution is -2.66. The quantitative estimate of drug-likeness (QED) is 0.743. The maximum Gasteiger partial charge on any atom is 0.328 e. The van der Waals surface area contributed by atoms with Crippen LogP contribution >= 0.6 is 0 Å². The number of carboxylic acid groups (broad SMARTS) is 1. The van der Waals surface area contributed by atoms with Crippen LogP contribution in [0.15, 0.2) is 42.5 Å². The van der Waals surface area contributed by atoms with Gasteiger partial charge in [-0.2, -0.15) is 0 Å². The molecule has 1 fully saturated rings. The van der Waals surface area contributed by atoms with Crippen LogP contribution in [0.1, 0.15) is 30.1 Å². The summed E-state index contributed by atoms with van der Waals surface area (Å²) in [4.78, 5) is 52.1. The third-order valence-electron chi connectivity index (χ3n) is 5.12. The highest BCUT2D eigenvalue weighted by atomic mass is 16.4. The monoisotopic (exact) mass is 385 g/mol. The molecule has 8 heteroatoms. The van der Waals surface area contributed by atoms with Crippen LogP contribution < -0.4 is 5.32 Å². The number of carboxylic acids is 1. The molecule has 28 heavy (non-hydrogen) atoms. The Morgan fingerprint density at radius 2 is 1.75 bits per heavy atom. The lowest BCUT2D eigenvalue weighted by molar-refractivity contribution is -0.160. The number of hydrogen-bond acceptors (Lipinski definition) is 4. The molecule has 0 aromatic heterocycles. The standard InChI is InChI=1S/C20H23N3O5/c1-13(24)22-11-15-9-5-6-10-16(19(26)23(15)17(12-22)20(27)28)21-18(25)14-7-3-2-4-8-14/h2-8,15-17H,9-12H2,1H3,(H,21,25)(H,27,28)/b6-5-.